The Kier molecular flexibility index (Phi) is 2.51. The number of anilines is 1. The molecule has 2 unspecified atom stereocenters. The number of amides is 1. The van der Waals surface area contributed by atoms with Gasteiger partial charge in [0.15, 0.2) is 0 Å². The Morgan fingerprint density at radius 1 is 1.12 bits per heavy atom. The van der Waals surface area contributed by atoms with Gasteiger partial charge in [0.1, 0.15) is 0 Å². The van der Waals surface area contributed by atoms with Crippen molar-refractivity contribution < 1.29 is 4.79 Å². The number of hydrogen-bond donors (Lipinski definition) is 1. The van der Waals surface area contributed by atoms with Crippen molar-refractivity contribution in [1.29, 1.82) is 0 Å². The number of hydrogen-bond acceptors (Lipinski definition) is 1. The van der Waals surface area contributed by atoms with E-state index in [1.165, 1.54) is 6.42 Å². The van der Waals surface area contributed by atoms with Gasteiger partial charge in [-0.15, -0.1) is 0 Å². The van der Waals surface area contributed by atoms with Gasteiger partial charge in [0.05, 0.1) is 0 Å². The maximum Gasteiger partial charge on any atom is 0.227 e. The van der Waals surface area contributed by atoms with Gasteiger partial charge in [0, 0.05) is 16.1 Å². The third kappa shape index (κ3) is 2.01. The van der Waals surface area contributed by atoms with Gasteiger partial charge >= 0.3 is 0 Å². The topological polar surface area (TPSA) is 29.1 Å². The van der Waals surface area contributed by atoms with Crippen LogP contribution in [0, 0.1) is 17.8 Å². The summed E-state index contributed by atoms with van der Waals surface area (Å²) in [6.07, 6.45) is 3.57. The van der Waals surface area contributed by atoms with Crippen LogP contribution in [0.3, 0.4) is 0 Å². The molecule has 3 rings (SSSR count). The lowest BCUT2D eigenvalue weighted by atomic mass is 10.0. The first-order valence-corrected chi connectivity index (χ1v) is 6.58. The zero-order valence-electron chi connectivity index (χ0n) is 8.95. The monoisotopic (exact) mass is 279 g/mol. The number of fused-ring (bicyclic) bond motifs is 1. The van der Waals surface area contributed by atoms with Crippen molar-refractivity contribution in [1.82, 2.24) is 0 Å². The van der Waals surface area contributed by atoms with E-state index in [2.05, 4.69) is 21.2 Å². The van der Waals surface area contributed by atoms with Crippen LogP contribution >= 0.6 is 15.9 Å². The van der Waals surface area contributed by atoms with Gasteiger partial charge < -0.3 is 5.32 Å². The zero-order chi connectivity index (χ0) is 11.1. The maximum atomic E-state index is 11.9. The molecule has 16 heavy (non-hydrogen) atoms. The van der Waals surface area contributed by atoms with E-state index >= 15 is 0 Å². The number of nitrogens with one attached hydrogen (secondary N) is 1. The minimum absolute atomic E-state index is 0.203. The molecule has 1 aromatic rings. The van der Waals surface area contributed by atoms with E-state index in [1.807, 2.05) is 24.3 Å². The fraction of sp³-hybridized carbons (Fsp3) is 0.462. The van der Waals surface area contributed by atoms with Crippen molar-refractivity contribution in [3.05, 3.63) is 28.7 Å². The van der Waals surface area contributed by atoms with Crippen LogP contribution in [0.2, 0.25) is 0 Å². The molecular formula is C13H14BrNO. The molecule has 0 spiro atoms. The van der Waals surface area contributed by atoms with Crippen LogP contribution in [-0.2, 0) is 4.79 Å². The molecule has 3 heteroatoms. The fourth-order valence-corrected chi connectivity index (χ4v) is 2.97. The van der Waals surface area contributed by atoms with Crippen molar-refractivity contribution in [2.45, 2.75) is 19.3 Å². The summed E-state index contributed by atoms with van der Waals surface area (Å²) in [5.74, 6) is 2.18. The number of halogens is 1. The Bertz CT molecular complexity index is 404. The third-order valence-electron chi connectivity index (χ3n) is 3.73. The Balaban J connectivity index is 1.61. The largest absolute Gasteiger partial charge is 0.326 e. The standard InChI is InChI=1S/C13H14BrNO/c14-11-1-3-12(4-2-11)15-13(16)10-6-8-5-9(8)7-10/h1-4,8-10H,5-7H2,(H,15,16). The minimum atomic E-state index is 0.203. The number of rotatable bonds is 2. The minimum Gasteiger partial charge on any atom is -0.326 e. The van der Waals surface area contributed by atoms with Gasteiger partial charge in [0.25, 0.3) is 0 Å². The predicted molar refractivity (Wildman–Crippen MR) is 67.1 cm³/mol. The Morgan fingerprint density at radius 3 is 2.38 bits per heavy atom. The summed E-state index contributed by atoms with van der Waals surface area (Å²) in [4.78, 5) is 11.9. The fourth-order valence-electron chi connectivity index (χ4n) is 2.71. The van der Waals surface area contributed by atoms with Crippen molar-refractivity contribution >= 4 is 27.5 Å². The average Bonchev–Trinajstić information content (AvgIpc) is 2.89. The number of benzene rings is 1. The van der Waals surface area contributed by atoms with E-state index in [4.69, 9.17) is 0 Å². The molecule has 0 saturated heterocycles. The van der Waals surface area contributed by atoms with E-state index in [0.29, 0.717) is 0 Å². The zero-order valence-corrected chi connectivity index (χ0v) is 10.5. The molecule has 0 radical (unpaired) electrons. The lowest BCUT2D eigenvalue weighted by Crippen LogP contribution is -2.21. The van der Waals surface area contributed by atoms with Crippen molar-refractivity contribution in [3.63, 3.8) is 0 Å². The Hall–Kier alpha value is -0.830. The second-order valence-electron chi connectivity index (χ2n) is 4.92. The lowest BCUT2D eigenvalue weighted by Gasteiger charge is -2.12. The molecular weight excluding hydrogens is 266 g/mol. The average molecular weight is 280 g/mol. The summed E-state index contributed by atoms with van der Waals surface area (Å²) in [5.41, 5.74) is 0.897. The highest BCUT2D eigenvalue weighted by atomic mass is 79.9. The van der Waals surface area contributed by atoms with Crippen LogP contribution < -0.4 is 5.32 Å². The molecule has 0 heterocycles. The van der Waals surface area contributed by atoms with Gasteiger partial charge in [-0.1, -0.05) is 15.9 Å². The highest BCUT2D eigenvalue weighted by molar-refractivity contribution is 9.10. The summed E-state index contributed by atoms with van der Waals surface area (Å²) in [6, 6.07) is 7.75. The van der Waals surface area contributed by atoms with Crippen LogP contribution in [0.15, 0.2) is 28.7 Å². The van der Waals surface area contributed by atoms with Crippen molar-refractivity contribution in [2.75, 3.05) is 5.32 Å². The third-order valence-corrected chi connectivity index (χ3v) is 4.25. The molecule has 2 nitrogen and oxygen atoms in total. The van der Waals surface area contributed by atoms with Crippen LogP contribution in [0.4, 0.5) is 5.69 Å². The highest BCUT2D eigenvalue weighted by Crippen LogP contribution is 2.54. The summed E-state index contributed by atoms with van der Waals surface area (Å²) in [7, 11) is 0. The van der Waals surface area contributed by atoms with E-state index in [9.17, 15) is 4.79 Å². The molecule has 2 atom stereocenters. The van der Waals surface area contributed by atoms with Crippen LogP contribution in [0.5, 0.6) is 0 Å². The molecule has 2 aliphatic carbocycles. The first kappa shape index (κ1) is 10.3. The van der Waals surface area contributed by atoms with Crippen LogP contribution in [0.25, 0.3) is 0 Å². The molecule has 0 aromatic heterocycles. The second kappa shape index (κ2) is 3.88. The molecule has 1 N–H and O–H groups in total. The van der Waals surface area contributed by atoms with Crippen molar-refractivity contribution in [2.24, 2.45) is 17.8 Å². The second-order valence-corrected chi connectivity index (χ2v) is 5.84. The summed E-state index contributed by atoms with van der Waals surface area (Å²) < 4.78 is 1.03. The summed E-state index contributed by atoms with van der Waals surface area (Å²) in [5, 5.41) is 2.99. The van der Waals surface area contributed by atoms with Gasteiger partial charge in [-0.3, -0.25) is 4.79 Å². The molecule has 1 amide bonds. The predicted octanol–water partition coefficient (Wildman–Crippen LogP) is 3.43. The first-order valence-electron chi connectivity index (χ1n) is 5.79. The normalized spacial score (nSPS) is 30.9. The van der Waals surface area contributed by atoms with Crippen molar-refractivity contribution in [3.8, 4) is 0 Å². The van der Waals surface area contributed by atoms with E-state index < -0.39 is 0 Å². The number of carbonyl (C=O) groups excluding carboxylic acids is 1. The van der Waals surface area contributed by atoms with Gasteiger partial charge in [0.2, 0.25) is 5.91 Å². The Morgan fingerprint density at radius 2 is 1.75 bits per heavy atom. The van der Waals surface area contributed by atoms with E-state index in [-0.39, 0.29) is 11.8 Å². The molecule has 2 saturated carbocycles. The SMILES string of the molecule is O=C(Nc1ccc(Br)cc1)C1CC2CC2C1. The molecule has 84 valence electrons. The van der Waals surface area contributed by atoms with Crippen LogP contribution in [-0.4, -0.2) is 5.91 Å². The van der Waals surface area contributed by atoms with Gasteiger partial charge in [-0.25, -0.2) is 0 Å². The lowest BCUT2D eigenvalue weighted by molar-refractivity contribution is -0.120. The first-order chi connectivity index (χ1) is 7.72. The maximum absolute atomic E-state index is 11.9. The quantitative estimate of drug-likeness (QED) is 0.883. The smallest absolute Gasteiger partial charge is 0.227 e. The Labute approximate surface area is 104 Å². The molecule has 2 fully saturated rings. The molecule has 0 aliphatic heterocycles. The summed E-state index contributed by atoms with van der Waals surface area (Å²) in [6.45, 7) is 0. The van der Waals surface area contributed by atoms with Gasteiger partial charge in [-0.2, -0.15) is 0 Å². The van der Waals surface area contributed by atoms with E-state index in [0.717, 1.165) is 34.8 Å². The molecule has 1 aromatic carbocycles. The van der Waals surface area contributed by atoms with Crippen LogP contribution in [0.1, 0.15) is 19.3 Å². The molecule has 0 bridgehead atoms. The summed E-state index contributed by atoms with van der Waals surface area (Å²) >= 11 is 3.38. The number of carbonyl (C=O) groups is 1. The molecule has 2 aliphatic rings. The van der Waals surface area contributed by atoms with E-state index in [1.54, 1.807) is 0 Å². The van der Waals surface area contributed by atoms with Gasteiger partial charge in [-0.05, 0) is 55.4 Å². The highest BCUT2D eigenvalue weighted by Gasteiger charge is 2.47.